The lowest BCUT2D eigenvalue weighted by Gasteiger charge is -2.25. The Morgan fingerprint density at radius 2 is 2.29 bits per heavy atom. The van der Waals surface area contributed by atoms with E-state index >= 15 is 0 Å². The van der Waals surface area contributed by atoms with E-state index in [2.05, 4.69) is 9.97 Å². The summed E-state index contributed by atoms with van der Waals surface area (Å²) in [6.07, 6.45) is 4.79. The molecule has 1 heterocycles. The smallest absolute Gasteiger partial charge is 0.260 e. The maximum Gasteiger partial charge on any atom is 0.260 e. The first-order valence-electron chi connectivity index (χ1n) is 5.24. The van der Waals surface area contributed by atoms with Gasteiger partial charge in [0.2, 0.25) is 0 Å². The summed E-state index contributed by atoms with van der Waals surface area (Å²) in [7, 11) is -1.90. The Bertz CT molecular complexity index is 444. The summed E-state index contributed by atoms with van der Waals surface area (Å²) in [6, 6.07) is -0.103. The number of halogens is 1. The fraction of sp³-hybridized carbons (Fsp3) is 0.667. The largest absolute Gasteiger partial charge is 0.335 e. The zero-order valence-corrected chi connectivity index (χ0v) is 11.2. The average molecular weight is 281 g/mol. The Hall–Kier alpha value is -0.630. The molecule has 1 unspecified atom stereocenters. The van der Waals surface area contributed by atoms with E-state index in [-0.39, 0.29) is 23.5 Å². The lowest BCUT2D eigenvalue weighted by Crippen LogP contribution is -2.43. The zero-order valence-electron chi connectivity index (χ0n) is 9.54. The molecule has 2 rings (SSSR count). The fourth-order valence-electron chi connectivity index (χ4n) is 1.84. The Morgan fingerprint density at radius 3 is 2.71 bits per heavy atom. The van der Waals surface area contributed by atoms with Gasteiger partial charge in [0.25, 0.3) is 10.0 Å². The summed E-state index contributed by atoms with van der Waals surface area (Å²) < 4.78 is 25.6. The van der Waals surface area contributed by atoms with Crippen LogP contribution in [-0.2, 0) is 10.0 Å². The van der Waals surface area contributed by atoms with E-state index in [0.29, 0.717) is 12.5 Å². The lowest BCUT2D eigenvalue weighted by molar-refractivity contribution is 0.339. The standard InChI is InChI=1S/C9H16N4O2S.ClH/c1-13(8(4-10)7-2-3-7)16(14,15)9-5-11-6-12-9;/h5-8H,2-4,10H2,1H3,(H,11,12);1H. The number of imidazole rings is 1. The average Bonchev–Trinajstić information content (AvgIpc) is 2.93. The van der Waals surface area contributed by atoms with E-state index in [9.17, 15) is 8.42 Å². The highest BCUT2D eigenvalue weighted by Gasteiger charge is 2.38. The van der Waals surface area contributed by atoms with Crippen LogP contribution in [0, 0.1) is 5.92 Å². The van der Waals surface area contributed by atoms with E-state index < -0.39 is 10.0 Å². The predicted octanol–water partition coefficient (Wildman–Crippen LogP) is 0.189. The number of H-pyrrole nitrogens is 1. The first kappa shape index (κ1) is 14.4. The molecule has 1 aromatic rings. The van der Waals surface area contributed by atoms with Crippen LogP contribution in [-0.4, -0.2) is 42.3 Å². The van der Waals surface area contributed by atoms with Crippen LogP contribution in [0.15, 0.2) is 17.6 Å². The number of rotatable bonds is 5. The minimum Gasteiger partial charge on any atom is -0.335 e. The van der Waals surface area contributed by atoms with Gasteiger partial charge in [-0.05, 0) is 18.8 Å². The van der Waals surface area contributed by atoms with Crippen molar-refractivity contribution in [1.82, 2.24) is 14.3 Å². The van der Waals surface area contributed by atoms with E-state index in [0.717, 1.165) is 12.8 Å². The van der Waals surface area contributed by atoms with E-state index in [1.54, 1.807) is 7.05 Å². The molecule has 0 saturated heterocycles. The molecular formula is C9H17ClN4O2S. The monoisotopic (exact) mass is 280 g/mol. The van der Waals surface area contributed by atoms with Crippen LogP contribution in [0.5, 0.6) is 0 Å². The Labute approximate surface area is 107 Å². The maximum atomic E-state index is 12.1. The summed E-state index contributed by atoms with van der Waals surface area (Å²) in [6.45, 7) is 0.356. The van der Waals surface area contributed by atoms with Crippen molar-refractivity contribution >= 4 is 22.4 Å². The number of nitrogens with two attached hydrogens (primary N) is 1. The van der Waals surface area contributed by atoms with Crippen LogP contribution in [0.25, 0.3) is 0 Å². The van der Waals surface area contributed by atoms with Crippen molar-refractivity contribution in [2.24, 2.45) is 11.7 Å². The number of aromatic amines is 1. The van der Waals surface area contributed by atoms with Gasteiger partial charge in [0, 0.05) is 19.6 Å². The highest BCUT2D eigenvalue weighted by atomic mass is 35.5. The summed E-state index contributed by atoms with van der Waals surface area (Å²) in [5.41, 5.74) is 5.63. The second kappa shape index (κ2) is 5.34. The third-order valence-electron chi connectivity index (χ3n) is 3.00. The molecule has 0 bridgehead atoms. The maximum absolute atomic E-state index is 12.1. The number of nitrogens with one attached hydrogen (secondary N) is 1. The van der Waals surface area contributed by atoms with Gasteiger partial charge in [-0.2, -0.15) is 4.31 Å². The topological polar surface area (TPSA) is 92.1 Å². The van der Waals surface area contributed by atoms with Gasteiger partial charge >= 0.3 is 0 Å². The second-order valence-electron chi connectivity index (χ2n) is 4.08. The Morgan fingerprint density at radius 1 is 1.65 bits per heavy atom. The summed E-state index contributed by atoms with van der Waals surface area (Å²) in [5, 5.41) is 0.120. The predicted molar refractivity (Wildman–Crippen MR) is 66.4 cm³/mol. The minimum atomic E-state index is -3.48. The van der Waals surface area contributed by atoms with Gasteiger partial charge in [0.15, 0.2) is 5.03 Å². The first-order valence-corrected chi connectivity index (χ1v) is 6.68. The van der Waals surface area contributed by atoms with Crippen molar-refractivity contribution in [1.29, 1.82) is 0 Å². The molecule has 1 aromatic heterocycles. The Balaban J connectivity index is 0.00000144. The van der Waals surface area contributed by atoms with Gasteiger partial charge in [-0.15, -0.1) is 12.4 Å². The first-order chi connectivity index (χ1) is 7.57. The van der Waals surface area contributed by atoms with Crippen molar-refractivity contribution in [2.45, 2.75) is 23.9 Å². The molecule has 1 aliphatic carbocycles. The molecule has 0 spiro atoms. The normalized spacial score (nSPS) is 17.8. The van der Waals surface area contributed by atoms with Gasteiger partial charge in [0.05, 0.1) is 12.5 Å². The molecule has 8 heteroatoms. The lowest BCUT2D eigenvalue weighted by atomic mass is 10.2. The van der Waals surface area contributed by atoms with E-state index in [1.807, 2.05) is 0 Å². The quantitative estimate of drug-likeness (QED) is 0.805. The summed E-state index contributed by atoms with van der Waals surface area (Å²) in [5.74, 6) is 0.410. The number of hydrogen-bond donors (Lipinski definition) is 2. The van der Waals surface area contributed by atoms with Gasteiger partial charge in [0.1, 0.15) is 0 Å². The van der Waals surface area contributed by atoms with Gasteiger partial charge in [-0.3, -0.25) is 0 Å². The third kappa shape index (κ3) is 2.79. The number of sulfonamides is 1. The van der Waals surface area contributed by atoms with Crippen LogP contribution < -0.4 is 5.73 Å². The molecular weight excluding hydrogens is 264 g/mol. The summed E-state index contributed by atoms with van der Waals surface area (Å²) in [4.78, 5) is 6.34. The van der Waals surface area contributed by atoms with Crippen molar-refractivity contribution in [3.05, 3.63) is 12.5 Å². The minimum absolute atomic E-state index is 0. The van der Waals surface area contributed by atoms with Gasteiger partial charge < -0.3 is 10.7 Å². The van der Waals surface area contributed by atoms with Crippen LogP contribution in [0.1, 0.15) is 12.8 Å². The molecule has 1 fully saturated rings. The number of likely N-dealkylation sites (N-methyl/N-ethyl adjacent to an activating group) is 1. The molecule has 0 radical (unpaired) electrons. The molecule has 98 valence electrons. The summed E-state index contributed by atoms with van der Waals surface area (Å²) >= 11 is 0. The van der Waals surface area contributed by atoms with Crippen LogP contribution in [0.3, 0.4) is 0 Å². The molecule has 1 aliphatic rings. The van der Waals surface area contributed by atoms with Crippen molar-refractivity contribution in [2.75, 3.05) is 13.6 Å². The molecule has 1 atom stereocenters. The van der Waals surface area contributed by atoms with Crippen LogP contribution in [0.4, 0.5) is 0 Å². The number of nitrogens with zero attached hydrogens (tertiary/aromatic N) is 2. The molecule has 0 aromatic carbocycles. The van der Waals surface area contributed by atoms with Crippen LogP contribution in [0.2, 0.25) is 0 Å². The molecule has 0 aliphatic heterocycles. The van der Waals surface area contributed by atoms with E-state index in [1.165, 1.54) is 16.8 Å². The van der Waals surface area contributed by atoms with Crippen molar-refractivity contribution < 1.29 is 8.42 Å². The highest BCUT2D eigenvalue weighted by molar-refractivity contribution is 7.89. The molecule has 6 nitrogen and oxygen atoms in total. The third-order valence-corrected chi connectivity index (χ3v) is 4.81. The number of hydrogen-bond acceptors (Lipinski definition) is 4. The molecule has 3 N–H and O–H groups in total. The SMILES string of the molecule is CN(C(CN)C1CC1)S(=O)(=O)c1cnc[nH]1.Cl. The van der Waals surface area contributed by atoms with Gasteiger partial charge in [-0.1, -0.05) is 0 Å². The number of aromatic nitrogens is 2. The molecule has 1 saturated carbocycles. The second-order valence-corrected chi connectivity index (χ2v) is 6.04. The van der Waals surface area contributed by atoms with Crippen molar-refractivity contribution in [3.63, 3.8) is 0 Å². The molecule has 17 heavy (non-hydrogen) atoms. The van der Waals surface area contributed by atoms with E-state index in [4.69, 9.17) is 5.73 Å². The highest BCUT2D eigenvalue weighted by Crippen LogP contribution is 2.35. The zero-order chi connectivity index (χ0) is 11.8. The van der Waals surface area contributed by atoms with Crippen molar-refractivity contribution in [3.8, 4) is 0 Å². The van der Waals surface area contributed by atoms with Gasteiger partial charge in [-0.25, -0.2) is 13.4 Å². The molecule has 0 amide bonds. The fourth-order valence-corrected chi connectivity index (χ4v) is 3.16. The van der Waals surface area contributed by atoms with Crippen LogP contribution >= 0.6 is 12.4 Å². The Kier molecular flexibility index (Phi) is 4.54.